The molecule has 0 unspecified atom stereocenters. The molecule has 0 fully saturated rings. The summed E-state index contributed by atoms with van der Waals surface area (Å²) in [6.07, 6.45) is -3.51. The van der Waals surface area contributed by atoms with Crippen molar-refractivity contribution in [3.63, 3.8) is 0 Å². The fourth-order valence-electron chi connectivity index (χ4n) is 1.99. The summed E-state index contributed by atoms with van der Waals surface area (Å²) in [7, 11) is 1.17. The standard InChI is InChI=1S/C15H18F5NO3/c1-3-4-7-21(9-15(18,19)20)13(22)10-5-6-11(24-14(16)17)12(8-10)23-2/h5-6,8,14H,3-4,7,9H2,1-2H3. The maximum absolute atomic E-state index is 12.6. The minimum absolute atomic E-state index is 0.0631. The Kier molecular flexibility index (Phi) is 7.24. The summed E-state index contributed by atoms with van der Waals surface area (Å²) in [5, 5.41) is 0. The minimum Gasteiger partial charge on any atom is -0.493 e. The predicted octanol–water partition coefficient (Wildman–Crippen LogP) is 4.10. The van der Waals surface area contributed by atoms with E-state index in [9.17, 15) is 26.7 Å². The number of amides is 1. The molecule has 24 heavy (non-hydrogen) atoms. The van der Waals surface area contributed by atoms with Crippen molar-refractivity contribution in [2.24, 2.45) is 0 Å². The van der Waals surface area contributed by atoms with Crippen LogP contribution in [-0.4, -0.2) is 43.8 Å². The van der Waals surface area contributed by atoms with Crippen molar-refractivity contribution in [3.8, 4) is 11.5 Å². The molecule has 0 spiro atoms. The second-order valence-electron chi connectivity index (χ2n) is 4.94. The third-order valence-corrected chi connectivity index (χ3v) is 3.07. The molecule has 0 N–H and O–H groups in total. The van der Waals surface area contributed by atoms with Gasteiger partial charge in [0.15, 0.2) is 11.5 Å². The number of alkyl halides is 5. The van der Waals surface area contributed by atoms with Crippen LogP contribution in [0.4, 0.5) is 22.0 Å². The van der Waals surface area contributed by atoms with Gasteiger partial charge >= 0.3 is 12.8 Å². The highest BCUT2D eigenvalue weighted by atomic mass is 19.4. The Morgan fingerprint density at radius 1 is 1.25 bits per heavy atom. The zero-order valence-electron chi connectivity index (χ0n) is 13.2. The minimum atomic E-state index is -4.54. The van der Waals surface area contributed by atoms with Crippen LogP contribution in [0.15, 0.2) is 18.2 Å². The van der Waals surface area contributed by atoms with Crippen LogP contribution < -0.4 is 9.47 Å². The van der Waals surface area contributed by atoms with Crippen molar-refractivity contribution in [1.29, 1.82) is 0 Å². The van der Waals surface area contributed by atoms with Gasteiger partial charge in [0.2, 0.25) is 0 Å². The highest BCUT2D eigenvalue weighted by Gasteiger charge is 2.33. The summed E-state index contributed by atoms with van der Waals surface area (Å²) in [5.74, 6) is -1.33. The van der Waals surface area contributed by atoms with Gasteiger partial charge in [-0.1, -0.05) is 13.3 Å². The second-order valence-corrected chi connectivity index (χ2v) is 4.94. The zero-order valence-corrected chi connectivity index (χ0v) is 13.2. The van der Waals surface area contributed by atoms with Gasteiger partial charge in [-0.25, -0.2) is 0 Å². The molecule has 0 aliphatic rings. The van der Waals surface area contributed by atoms with E-state index in [1.54, 1.807) is 6.92 Å². The van der Waals surface area contributed by atoms with Gasteiger partial charge in [-0.2, -0.15) is 22.0 Å². The number of hydrogen-bond acceptors (Lipinski definition) is 3. The van der Waals surface area contributed by atoms with E-state index in [-0.39, 0.29) is 23.6 Å². The van der Waals surface area contributed by atoms with Crippen LogP contribution in [0.3, 0.4) is 0 Å². The fourth-order valence-corrected chi connectivity index (χ4v) is 1.99. The molecular weight excluding hydrogens is 337 g/mol. The molecule has 0 aliphatic carbocycles. The van der Waals surface area contributed by atoms with Gasteiger partial charge in [0.05, 0.1) is 7.11 Å². The van der Waals surface area contributed by atoms with Crippen molar-refractivity contribution in [2.45, 2.75) is 32.6 Å². The summed E-state index contributed by atoms with van der Waals surface area (Å²) in [5.41, 5.74) is -0.103. The Balaban J connectivity index is 3.04. The second kappa shape index (κ2) is 8.70. The summed E-state index contributed by atoms with van der Waals surface area (Å²) in [6.45, 7) is -2.75. The van der Waals surface area contributed by atoms with Crippen LogP contribution in [-0.2, 0) is 0 Å². The average Bonchev–Trinajstić information content (AvgIpc) is 2.49. The molecule has 0 aliphatic heterocycles. The lowest BCUT2D eigenvalue weighted by molar-refractivity contribution is -0.140. The number of carbonyl (C=O) groups is 1. The molecular formula is C15H18F5NO3. The Morgan fingerprint density at radius 3 is 2.42 bits per heavy atom. The van der Waals surface area contributed by atoms with Crippen LogP contribution in [0, 0.1) is 0 Å². The zero-order chi connectivity index (χ0) is 18.3. The Hall–Kier alpha value is -2.06. The van der Waals surface area contributed by atoms with Gasteiger partial charge in [0.1, 0.15) is 6.54 Å². The fraction of sp³-hybridized carbons (Fsp3) is 0.533. The Morgan fingerprint density at radius 2 is 1.92 bits per heavy atom. The lowest BCUT2D eigenvalue weighted by Gasteiger charge is -2.24. The van der Waals surface area contributed by atoms with Crippen LogP contribution in [0.2, 0.25) is 0 Å². The molecule has 0 radical (unpaired) electrons. The van der Waals surface area contributed by atoms with E-state index in [2.05, 4.69) is 4.74 Å². The summed E-state index contributed by atoms with van der Waals surface area (Å²) in [6, 6.07) is 3.26. The molecule has 0 saturated heterocycles. The molecule has 0 heterocycles. The molecule has 1 aromatic rings. The monoisotopic (exact) mass is 355 g/mol. The Labute approximate surface area is 136 Å². The average molecular weight is 355 g/mol. The SMILES string of the molecule is CCCCN(CC(F)(F)F)C(=O)c1ccc(OC(F)F)c(OC)c1. The van der Waals surface area contributed by atoms with Gasteiger partial charge in [-0.05, 0) is 24.6 Å². The quantitative estimate of drug-likeness (QED) is 0.659. The number of halogens is 5. The summed E-state index contributed by atoms with van der Waals surface area (Å²) in [4.78, 5) is 13.0. The maximum atomic E-state index is 12.6. The smallest absolute Gasteiger partial charge is 0.406 e. The number of methoxy groups -OCH3 is 1. The molecule has 1 amide bonds. The normalized spacial score (nSPS) is 11.5. The number of hydrogen-bond donors (Lipinski definition) is 0. The van der Waals surface area contributed by atoms with Crippen molar-refractivity contribution in [3.05, 3.63) is 23.8 Å². The summed E-state index contributed by atoms with van der Waals surface area (Å²) >= 11 is 0. The van der Waals surface area contributed by atoms with E-state index in [0.717, 1.165) is 18.2 Å². The van der Waals surface area contributed by atoms with E-state index in [1.165, 1.54) is 7.11 Å². The van der Waals surface area contributed by atoms with Gasteiger partial charge in [0, 0.05) is 12.1 Å². The molecule has 4 nitrogen and oxygen atoms in total. The molecule has 0 saturated carbocycles. The third-order valence-electron chi connectivity index (χ3n) is 3.07. The van der Waals surface area contributed by atoms with E-state index in [0.29, 0.717) is 17.7 Å². The number of ether oxygens (including phenoxy) is 2. The number of nitrogens with zero attached hydrogens (tertiary/aromatic N) is 1. The van der Waals surface area contributed by atoms with Crippen molar-refractivity contribution < 1.29 is 36.2 Å². The highest BCUT2D eigenvalue weighted by molar-refractivity contribution is 5.95. The van der Waals surface area contributed by atoms with Crippen LogP contribution in [0.1, 0.15) is 30.1 Å². The van der Waals surface area contributed by atoms with Crippen molar-refractivity contribution >= 4 is 5.91 Å². The van der Waals surface area contributed by atoms with E-state index in [1.807, 2.05) is 0 Å². The van der Waals surface area contributed by atoms with E-state index >= 15 is 0 Å². The van der Waals surface area contributed by atoms with Crippen LogP contribution in [0.25, 0.3) is 0 Å². The Bertz CT molecular complexity index is 548. The van der Waals surface area contributed by atoms with Crippen molar-refractivity contribution in [1.82, 2.24) is 4.90 Å². The molecule has 0 bridgehead atoms. The lowest BCUT2D eigenvalue weighted by Crippen LogP contribution is -2.39. The molecule has 0 atom stereocenters. The third kappa shape index (κ3) is 6.21. The van der Waals surface area contributed by atoms with Gasteiger partial charge in [-0.15, -0.1) is 0 Å². The molecule has 136 valence electrons. The largest absolute Gasteiger partial charge is 0.493 e. The van der Waals surface area contributed by atoms with Crippen molar-refractivity contribution in [2.75, 3.05) is 20.2 Å². The first-order valence-electron chi connectivity index (χ1n) is 7.16. The molecule has 9 heteroatoms. The van der Waals surface area contributed by atoms with E-state index < -0.39 is 25.2 Å². The first-order chi connectivity index (χ1) is 11.2. The first-order valence-corrected chi connectivity index (χ1v) is 7.16. The van der Waals surface area contributed by atoms with Crippen LogP contribution in [0.5, 0.6) is 11.5 Å². The number of benzene rings is 1. The lowest BCUT2D eigenvalue weighted by atomic mass is 10.1. The number of rotatable bonds is 8. The molecule has 0 aromatic heterocycles. The van der Waals surface area contributed by atoms with E-state index in [4.69, 9.17) is 4.74 Å². The first kappa shape index (κ1) is 20.0. The predicted molar refractivity (Wildman–Crippen MR) is 76.5 cm³/mol. The van der Waals surface area contributed by atoms with Gasteiger partial charge in [0.25, 0.3) is 5.91 Å². The maximum Gasteiger partial charge on any atom is 0.406 e. The van der Waals surface area contributed by atoms with Crippen LogP contribution >= 0.6 is 0 Å². The summed E-state index contributed by atoms with van der Waals surface area (Å²) < 4.78 is 71.5. The topological polar surface area (TPSA) is 38.8 Å². The molecule has 1 aromatic carbocycles. The highest BCUT2D eigenvalue weighted by Crippen LogP contribution is 2.30. The number of unbranched alkanes of at least 4 members (excludes halogenated alkanes) is 1. The molecule has 1 rings (SSSR count). The van der Waals surface area contributed by atoms with Gasteiger partial charge < -0.3 is 14.4 Å². The van der Waals surface area contributed by atoms with Gasteiger partial charge in [-0.3, -0.25) is 4.79 Å². The number of carbonyl (C=O) groups excluding carboxylic acids is 1.